The highest BCUT2D eigenvalue weighted by molar-refractivity contribution is 6.02. The largest absolute Gasteiger partial charge is 0.465 e. The van der Waals surface area contributed by atoms with E-state index in [9.17, 15) is 14.4 Å². The molecule has 0 saturated carbocycles. The Bertz CT molecular complexity index is 961. The summed E-state index contributed by atoms with van der Waals surface area (Å²) in [5, 5.41) is 5.49. The van der Waals surface area contributed by atoms with Gasteiger partial charge in [-0.1, -0.05) is 12.1 Å². The first-order valence-corrected chi connectivity index (χ1v) is 8.47. The molecule has 28 heavy (non-hydrogen) atoms. The average molecular weight is 378 g/mol. The van der Waals surface area contributed by atoms with Crippen LogP contribution in [0.3, 0.4) is 0 Å². The van der Waals surface area contributed by atoms with Crippen molar-refractivity contribution in [3.8, 4) is 0 Å². The van der Waals surface area contributed by atoms with E-state index in [0.29, 0.717) is 23.4 Å². The molecule has 1 heterocycles. The number of furan rings is 1. The Morgan fingerprint density at radius 3 is 2.18 bits per heavy atom. The summed E-state index contributed by atoms with van der Waals surface area (Å²) in [5.74, 6) is -0.812. The summed E-state index contributed by atoms with van der Waals surface area (Å²) in [6.07, 6.45) is 1.42. The van der Waals surface area contributed by atoms with Crippen LogP contribution >= 0.6 is 0 Å². The summed E-state index contributed by atoms with van der Waals surface area (Å²) in [4.78, 5) is 35.6. The van der Waals surface area contributed by atoms with Crippen LogP contribution < -0.4 is 10.6 Å². The van der Waals surface area contributed by atoms with Crippen LogP contribution in [0.1, 0.15) is 36.8 Å². The van der Waals surface area contributed by atoms with Gasteiger partial charge in [-0.05, 0) is 54.1 Å². The molecule has 0 bridgehead atoms. The molecule has 0 aliphatic heterocycles. The maximum absolute atomic E-state index is 12.3. The highest BCUT2D eigenvalue weighted by Crippen LogP contribution is 2.12. The summed E-state index contributed by atoms with van der Waals surface area (Å²) in [5.41, 5.74) is 2.31. The zero-order valence-corrected chi connectivity index (χ0v) is 15.1. The predicted octanol–water partition coefficient (Wildman–Crippen LogP) is 3.25. The SMILES string of the molecule is COC(=O)c1ccc(CNC(=O)c2ccc(NC(=O)c3ccco3)cc2)cc1. The standard InChI is InChI=1S/C21H18N2O5/c1-27-21(26)16-6-4-14(5-7-16)13-22-19(24)15-8-10-17(11-9-15)23-20(25)18-3-2-12-28-18/h2-12H,13H2,1H3,(H,22,24)(H,23,25). The Hall–Kier alpha value is -3.87. The van der Waals surface area contributed by atoms with Gasteiger partial charge in [0.15, 0.2) is 5.76 Å². The fourth-order valence-corrected chi connectivity index (χ4v) is 2.47. The summed E-state index contributed by atoms with van der Waals surface area (Å²) in [7, 11) is 1.32. The molecule has 142 valence electrons. The number of esters is 1. The Balaban J connectivity index is 1.54. The van der Waals surface area contributed by atoms with E-state index in [2.05, 4.69) is 15.4 Å². The molecule has 3 aromatic rings. The molecule has 0 unspecified atom stereocenters. The first-order chi connectivity index (χ1) is 13.6. The summed E-state index contributed by atoms with van der Waals surface area (Å²) in [6.45, 7) is 0.317. The van der Waals surface area contributed by atoms with Gasteiger partial charge in [-0.15, -0.1) is 0 Å². The van der Waals surface area contributed by atoms with Crippen LogP contribution in [0.2, 0.25) is 0 Å². The lowest BCUT2D eigenvalue weighted by Crippen LogP contribution is -2.22. The van der Waals surface area contributed by atoms with Crippen LogP contribution in [-0.2, 0) is 11.3 Å². The molecular weight excluding hydrogens is 360 g/mol. The first kappa shape index (κ1) is 18.9. The van der Waals surface area contributed by atoms with E-state index >= 15 is 0 Å². The summed E-state index contributed by atoms with van der Waals surface area (Å²) in [6, 6.07) is 16.5. The zero-order chi connectivity index (χ0) is 19.9. The molecule has 0 spiro atoms. The molecule has 1 aromatic heterocycles. The van der Waals surface area contributed by atoms with Gasteiger partial charge in [0.2, 0.25) is 0 Å². The molecule has 0 atom stereocenters. The Morgan fingerprint density at radius 1 is 0.893 bits per heavy atom. The van der Waals surface area contributed by atoms with Crippen molar-refractivity contribution < 1.29 is 23.5 Å². The van der Waals surface area contributed by atoms with Crippen LogP contribution in [-0.4, -0.2) is 24.9 Å². The molecule has 0 saturated heterocycles. The monoisotopic (exact) mass is 378 g/mol. The Morgan fingerprint density at radius 2 is 1.57 bits per heavy atom. The number of hydrogen-bond acceptors (Lipinski definition) is 5. The highest BCUT2D eigenvalue weighted by atomic mass is 16.5. The quantitative estimate of drug-likeness (QED) is 0.642. The van der Waals surface area contributed by atoms with Crippen molar-refractivity contribution >= 4 is 23.5 Å². The van der Waals surface area contributed by atoms with Crippen LogP contribution in [0.15, 0.2) is 71.3 Å². The van der Waals surface area contributed by atoms with Gasteiger partial charge in [-0.25, -0.2) is 4.79 Å². The van der Waals surface area contributed by atoms with Crippen molar-refractivity contribution in [3.05, 3.63) is 89.4 Å². The van der Waals surface area contributed by atoms with E-state index in [1.54, 1.807) is 60.7 Å². The van der Waals surface area contributed by atoms with Gasteiger partial charge in [0.05, 0.1) is 18.9 Å². The van der Waals surface area contributed by atoms with Gasteiger partial charge in [0, 0.05) is 17.8 Å². The van der Waals surface area contributed by atoms with Gasteiger partial charge >= 0.3 is 5.97 Å². The third kappa shape index (κ3) is 4.64. The maximum atomic E-state index is 12.3. The molecule has 0 aliphatic carbocycles. The number of anilines is 1. The number of benzene rings is 2. The molecule has 7 heteroatoms. The molecule has 7 nitrogen and oxygen atoms in total. The molecular formula is C21H18N2O5. The Kier molecular flexibility index (Phi) is 5.86. The van der Waals surface area contributed by atoms with Crippen molar-refractivity contribution in [3.63, 3.8) is 0 Å². The number of carbonyl (C=O) groups excluding carboxylic acids is 3. The van der Waals surface area contributed by atoms with Gasteiger partial charge < -0.3 is 19.8 Å². The number of methoxy groups -OCH3 is 1. The lowest BCUT2D eigenvalue weighted by molar-refractivity contribution is 0.0600. The van der Waals surface area contributed by atoms with E-state index in [-0.39, 0.29) is 17.6 Å². The second-order valence-electron chi connectivity index (χ2n) is 5.88. The van der Waals surface area contributed by atoms with E-state index in [1.165, 1.54) is 13.4 Å². The number of rotatable bonds is 6. The second-order valence-corrected chi connectivity index (χ2v) is 5.88. The molecule has 2 aromatic carbocycles. The van der Waals surface area contributed by atoms with E-state index in [4.69, 9.17) is 4.42 Å². The average Bonchev–Trinajstić information content (AvgIpc) is 3.27. The fourth-order valence-electron chi connectivity index (χ4n) is 2.47. The topological polar surface area (TPSA) is 97.6 Å². The van der Waals surface area contributed by atoms with E-state index in [0.717, 1.165) is 5.56 Å². The van der Waals surface area contributed by atoms with Crippen LogP contribution in [0.25, 0.3) is 0 Å². The van der Waals surface area contributed by atoms with E-state index < -0.39 is 5.97 Å². The third-order valence-electron chi connectivity index (χ3n) is 3.98. The lowest BCUT2D eigenvalue weighted by Gasteiger charge is -2.08. The minimum atomic E-state index is -0.408. The maximum Gasteiger partial charge on any atom is 0.337 e. The Labute approximate surface area is 161 Å². The predicted molar refractivity (Wildman–Crippen MR) is 102 cm³/mol. The number of ether oxygens (including phenoxy) is 1. The van der Waals surface area contributed by atoms with Gasteiger partial charge in [-0.2, -0.15) is 0 Å². The van der Waals surface area contributed by atoms with Crippen molar-refractivity contribution in [1.82, 2.24) is 5.32 Å². The normalized spacial score (nSPS) is 10.2. The van der Waals surface area contributed by atoms with Gasteiger partial charge in [0.1, 0.15) is 0 Å². The number of carbonyl (C=O) groups is 3. The van der Waals surface area contributed by atoms with Crippen molar-refractivity contribution in [2.45, 2.75) is 6.54 Å². The number of hydrogen-bond donors (Lipinski definition) is 2. The fraction of sp³-hybridized carbons (Fsp3) is 0.0952. The number of nitrogens with one attached hydrogen (secondary N) is 2. The highest BCUT2D eigenvalue weighted by Gasteiger charge is 2.10. The zero-order valence-electron chi connectivity index (χ0n) is 15.1. The molecule has 0 radical (unpaired) electrons. The van der Waals surface area contributed by atoms with Crippen molar-refractivity contribution in [2.75, 3.05) is 12.4 Å². The molecule has 2 amide bonds. The summed E-state index contributed by atoms with van der Waals surface area (Å²) < 4.78 is 9.68. The lowest BCUT2D eigenvalue weighted by atomic mass is 10.1. The molecule has 2 N–H and O–H groups in total. The minimum absolute atomic E-state index is 0.208. The van der Waals surface area contributed by atoms with Gasteiger partial charge in [0.25, 0.3) is 11.8 Å². The first-order valence-electron chi connectivity index (χ1n) is 8.47. The van der Waals surface area contributed by atoms with Crippen LogP contribution in [0.4, 0.5) is 5.69 Å². The number of amides is 2. The van der Waals surface area contributed by atoms with Gasteiger partial charge in [-0.3, -0.25) is 9.59 Å². The molecule has 3 rings (SSSR count). The minimum Gasteiger partial charge on any atom is -0.465 e. The van der Waals surface area contributed by atoms with E-state index in [1.807, 2.05) is 0 Å². The summed E-state index contributed by atoms with van der Waals surface area (Å²) >= 11 is 0. The van der Waals surface area contributed by atoms with Crippen LogP contribution in [0, 0.1) is 0 Å². The molecule has 0 fully saturated rings. The smallest absolute Gasteiger partial charge is 0.337 e. The van der Waals surface area contributed by atoms with Crippen molar-refractivity contribution in [2.24, 2.45) is 0 Å². The van der Waals surface area contributed by atoms with Crippen LogP contribution in [0.5, 0.6) is 0 Å². The molecule has 0 aliphatic rings. The van der Waals surface area contributed by atoms with Crippen molar-refractivity contribution in [1.29, 1.82) is 0 Å². The second kappa shape index (κ2) is 8.68. The third-order valence-corrected chi connectivity index (χ3v) is 3.98.